The molecule has 17 heavy (non-hydrogen) atoms. The SMILES string of the molecule is CCC(NCc1cncc(Br)c1)c1cccs1. The van der Waals surface area contributed by atoms with Gasteiger partial charge in [-0.05, 0) is 45.4 Å². The second kappa shape index (κ2) is 6.28. The number of rotatable bonds is 5. The van der Waals surface area contributed by atoms with Gasteiger partial charge in [-0.2, -0.15) is 0 Å². The van der Waals surface area contributed by atoms with Crippen molar-refractivity contribution in [1.29, 1.82) is 0 Å². The minimum absolute atomic E-state index is 0.439. The Labute approximate surface area is 114 Å². The fourth-order valence-corrected chi connectivity index (χ4v) is 3.03. The van der Waals surface area contributed by atoms with Crippen LogP contribution in [0.5, 0.6) is 0 Å². The third-order valence-electron chi connectivity index (χ3n) is 2.61. The van der Waals surface area contributed by atoms with Gasteiger partial charge < -0.3 is 5.32 Å². The molecule has 0 aliphatic rings. The molecule has 0 saturated heterocycles. The molecular weight excluding hydrogens is 296 g/mol. The van der Waals surface area contributed by atoms with Crippen LogP contribution in [-0.4, -0.2) is 4.98 Å². The first-order chi connectivity index (χ1) is 8.29. The number of hydrogen-bond acceptors (Lipinski definition) is 3. The Balaban J connectivity index is 1.97. The minimum Gasteiger partial charge on any atom is -0.305 e. The lowest BCUT2D eigenvalue weighted by Crippen LogP contribution is -2.19. The van der Waals surface area contributed by atoms with Crippen molar-refractivity contribution in [3.05, 3.63) is 50.9 Å². The Morgan fingerprint density at radius 2 is 2.35 bits per heavy atom. The Morgan fingerprint density at radius 3 is 3.00 bits per heavy atom. The van der Waals surface area contributed by atoms with Gasteiger partial charge >= 0.3 is 0 Å². The lowest BCUT2D eigenvalue weighted by molar-refractivity contribution is 0.526. The molecule has 2 nitrogen and oxygen atoms in total. The van der Waals surface area contributed by atoms with Gasteiger partial charge in [0, 0.05) is 34.3 Å². The topological polar surface area (TPSA) is 24.9 Å². The molecule has 0 amide bonds. The van der Waals surface area contributed by atoms with Crippen molar-refractivity contribution in [1.82, 2.24) is 10.3 Å². The van der Waals surface area contributed by atoms with Crippen LogP contribution < -0.4 is 5.32 Å². The molecule has 1 unspecified atom stereocenters. The zero-order valence-electron chi connectivity index (χ0n) is 9.69. The van der Waals surface area contributed by atoms with Crippen LogP contribution in [0, 0.1) is 0 Å². The van der Waals surface area contributed by atoms with E-state index in [-0.39, 0.29) is 0 Å². The standard InChI is InChI=1S/C13H15BrN2S/c1-2-12(13-4-3-5-17-13)16-8-10-6-11(14)9-15-7-10/h3-7,9,12,16H,2,8H2,1H3. The summed E-state index contributed by atoms with van der Waals surface area (Å²) in [5, 5.41) is 5.69. The summed E-state index contributed by atoms with van der Waals surface area (Å²) in [4.78, 5) is 5.57. The maximum Gasteiger partial charge on any atom is 0.0414 e. The molecular formula is C13H15BrN2S. The van der Waals surface area contributed by atoms with Crippen molar-refractivity contribution in [2.75, 3.05) is 0 Å². The Kier molecular flexibility index (Phi) is 4.71. The van der Waals surface area contributed by atoms with Gasteiger partial charge in [0.05, 0.1) is 0 Å². The second-order valence-corrected chi connectivity index (χ2v) is 5.76. The monoisotopic (exact) mass is 310 g/mol. The molecule has 0 saturated carbocycles. The highest BCUT2D eigenvalue weighted by Crippen LogP contribution is 2.22. The summed E-state index contributed by atoms with van der Waals surface area (Å²) in [6, 6.07) is 6.82. The summed E-state index contributed by atoms with van der Waals surface area (Å²) in [6.07, 6.45) is 4.81. The van der Waals surface area contributed by atoms with Crippen LogP contribution in [0.25, 0.3) is 0 Å². The van der Waals surface area contributed by atoms with Gasteiger partial charge in [0.2, 0.25) is 0 Å². The summed E-state index contributed by atoms with van der Waals surface area (Å²) in [5.74, 6) is 0. The first-order valence-corrected chi connectivity index (χ1v) is 7.33. The average Bonchev–Trinajstić information content (AvgIpc) is 2.84. The predicted molar refractivity (Wildman–Crippen MR) is 76.1 cm³/mol. The quantitative estimate of drug-likeness (QED) is 0.897. The predicted octanol–water partition coefficient (Wildman–Crippen LogP) is 4.15. The van der Waals surface area contributed by atoms with E-state index in [2.05, 4.69) is 56.7 Å². The Morgan fingerprint density at radius 1 is 1.47 bits per heavy atom. The van der Waals surface area contributed by atoms with Crippen LogP contribution in [0.1, 0.15) is 29.8 Å². The van der Waals surface area contributed by atoms with E-state index in [9.17, 15) is 0 Å². The Bertz CT molecular complexity index is 456. The van der Waals surface area contributed by atoms with Crippen molar-refractivity contribution >= 4 is 27.3 Å². The van der Waals surface area contributed by atoms with Gasteiger partial charge in [-0.15, -0.1) is 11.3 Å². The van der Waals surface area contributed by atoms with E-state index in [1.165, 1.54) is 10.4 Å². The van der Waals surface area contributed by atoms with Gasteiger partial charge in [0.25, 0.3) is 0 Å². The number of thiophene rings is 1. The summed E-state index contributed by atoms with van der Waals surface area (Å²) in [6.45, 7) is 3.05. The summed E-state index contributed by atoms with van der Waals surface area (Å²) in [5.41, 5.74) is 1.20. The highest BCUT2D eigenvalue weighted by atomic mass is 79.9. The second-order valence-electron chi connectivity index (χ2n) is 3.87. The number of aromatic nitrogens is 1. The van der Waals surface area contributed by atoms with E-state index >= 15 is 0 Å². The van der Waals surface area contributed by atoms with Gasteiger partial charge in [0.15, 0.2) is 0 Å². The third kappa shape index (κ3) is 3.63. The number of nitrogens with one attached hydrogen (secondary N) is 1. The van der Waals surface area contributed by atoms with Gasteiger partial charge in [-0.3, -0.25) is 4.98 Å². The molecule has 0 aliphatic heterocycles. The number of halogens is 1. The van der Waals surface area contributed by atoms with Crippen molar-refractivity contribution in [3.8, 4) is 0 Å². The third-order valence-corrected chi connectivity index (χ3v) is 4.03. The molecule has 2 rings (SSSR count). The van der Waals surface area contributed by atoms with Crippen molar-refractivity contribution in [3.63, 3.8) is 0 Å². The first-order valence-electron chi connectivity index (χ1n) is 5.66. The molecule has 0 bridgehead atoms. The molecule has 0 aromatic carbocycles. The van der Waals surface area contributed by atoms with Crippen LogP contribution in [0.3, 0.4) is 0 Å². The van der Waals surface area contributed by atoms with Crippen molar-refractivity contribution < 1.29 is 0 Å². The molecule has 2 aromatic rings. The fraction of sp³-hybridized carbons (Fsp3) is 0.308. The summed E-state index contributed by atoms with van der Waals surface area (Å²) >= 11 is 5.24. The molecule has 90 valence electrons. The van der Waals surface area contributed by atoms with E-state index in [0.717, 1.165) is 17.4 Å². The van der Waals surface area contributed by atoms with Crippen molar-refractivity contribution in [2.24, 2.45) is 0 Å². The number of hydrogen-bond donors (Lipinski definition) is 1. The van der Waals surface area contributed by atoms with E-state index < -0.39 is 0 Å². The molecule has 0 fully saturated rings. The molecule has 2 heterocycles. The average molecular weight is 311 g/mol. The largest absolute Gasteiger partial charge is 0.305 e. The smallest absolute Gasteiger partial charge is 0.0414 e. The van der Waals surface area contributed by atoms with Crippen molar-refractivity contribution in [2.45, 2.75) is 25.9 Å². The maximum absolute atomic E-state index is 4.17. The van der Waals surface area contributed by atoms with E-state index in [1.54, 1.807) is 17.5 Å². The van der Waals surface area contributed by atoms with Gasteiger partial charge in [-0.1, -0.05) is 13.0 Å². The molecule has 4 heteroatoms. The van der Waals surface area contributed by atoms with Gasteiger partial charge in [-0.25, -0.2) is 0 Å². The van der Waals surface area contributed by atoms with E-state index in [1.807, 2.05) is 6.20 Å². The van der Waals surface area contributed by atoms with Crippen LogP contribution in [-0.2, 0) is 6.54 Å². The normalized spacial score (nSPS) is 12.6. The van der Waals surface area contributed by atoms with Gasteiger partial charge in [0.1, 0.15) is 0 Å². The highest BCUT2D eigenvalue weighted by molar-refractivity contribution is 9.10. The molecule has 0 aliphatic carbocycles. The lowest BCUT2D eigenvalue weighted by atomic mass is 10.1. The zero-order chi connectivity index (χ0) is 12.1. The summed E-state index contributed by atoms with van der Waals surface area (Å²) < 4.78 is 1.03. The number of nitrogens with zero attached hydrogens (tertiary/aromatic N) is 1. The molecule has 0 spiro atoms. The molecule has 1 N–H and O–H groups in total. The molecule has 2 aromatic heterocycles. The van der Waals surface area contributed by atoms with E-state index in [0.29, 0.717) is 6.04 Å². The zero-order valence-corrected chi connectivity index (χ0v) is 12.1. The van der Waals surface area contributed by atoms with Crippen LogP contribution >= 0.6 is 27.3 Å². The van der Waals surface area contributed by atoms with E-state index in [4.69, 9.17) is 0 Å². The fourth-order valence-electron chi connectivity index (χ4n) is 1.73. The van der Waals surface area contributed by atoms with Crippen LogP contribution in [0.4, 0.5) is 0 Å². The lowest BCUT2D eigenvalue weighted by Gasteiger charge is -2.15. The summed E-state index contributed by atoms with van der Waals surface area (Å²) in [7, 11) is 0. The first kappa shape index (κ1) is 12.7. The minimum atomic E-state index is 0.439. The Hall–Kier alpha value is -0.710. The van der Waals surface area contributed by atoms with Crippen LogP contribution in [0.2, 0.25) is 0 Å². The molecule has 1 atom stereocenters. The molecule has 0 radical (unpaired) electrons. The maximum atomic E-state index is 4.17. The van der Waals surface area contributed by atoms with Crippen LogP contribution in [0.15, 0.2) is 40.4 Å². The highest BCUT2D eigenvalue weighted by Gasteiger charge is 2.09. The number of pyridine rings is 1.